The fourth-order valence-corrected chi connectivity index (χ4v) is 6.12. The molecule has 0 radical (unpaired) electrons. The van der Waals surface area contributed by atoms with E-state index in [-0.39, 0.29) is 5.54 Å². The van der Waals surface area contributed by atoms with Gasteiger partial charge in [-0.1, -0.05) is 12.1 Å². The van der Waals surface area contributed by atoms with Crippen LogP contribution in [0.4, 0.5) is 23.0 Å². The Kier molecular flexibility index (Phi) is 3.81. The maximum absolute atomic E-state index is 6.50. The van der Waals surface area contributed by atoms with E-state index in [0.29, 0.717) is 11.5 Å². The van der Waals surface area contributed by atoms with Gasteiger partial charge in [-0.15, -0.1) is 0 Å². The summed E-state index contributed by atoms with van der Waals surface area (Å²) < 4.78 is 0. The van der Waals surface area contributed by atoms with E-state index >= 15 is 0 Å². The minimum Gasteiger partial charge on any atom is -0.393 e. The monoisotopic (exact) mass is 363 g/mol. The number of aromatic nitrogens is 2. The number of nitrogen functional groups attached to an aromatic ring is 1. The van der Waals surface area contributed by atoms with Gasteiger partial charge in [0.1, 0.15) is 12.0 Å². The molecule has 1 aromatic heterocycles. The first kappa shape index (κ1) is 16.8. The minimum absolute atomic E-state index is 0.188. The maximum Gasteiger partial charge on any atom is 0.159 e. The minimum atomic E-state index is 0.188. The number of aryl methyl sites for hydroxylation is 1. The van der Waals surface area contributed by atoms with E-state index < -0.39 is 0 Å². The van der Waals surface area contributed by atoms with Crippen molar-refractivity contribution in [2.45, 2.75) is 57.9 Å². The zero-order valence-corrected chi connectivity index (χ0v) is 16.3. The third kappa shape index (κ3) is 2.93. The van der Waals surface area contributed by atoms with Gasteiger partial charge in [-0.05, 0) is 87.3 Å². The van der Waals surface area contributed by atoms with Crippen LogP contribution in [0.3, 0.4) is 0 Å². The summed E-state index contributed by atoms with van der Waals surface area (Å²) in [5, 5.41) is 7.20. The van der Waals surface area contributed by atoms with E-state index in [4.69, 9.17) is 5.73 Å². The third-order valence-corrected chi connectivity index (χ3v) is 7.16. The lowest BCUT2D eigenvalue weighted by molar-refractivity contribution is 0.0106. The number of nitrogens with two attached hydrogens (primary N) is 1. The van der Waals surface area contributed by atoms with Crippen molar-refractivity contribution in [2.24, 2.45) is 17.8 Å². The van der Waals surface area contributed by atoms with Crippen LogP contribution in [-0.4, -0.2) is 15.5 Å². The van der Waals surface area contributed by atoms with E-state index in [9.17, 15) is 0 Å². The highest BCUT2D eigenvalue weighted by molar-refractivity contribution is 5.79. The second kappa shape index (κ2) is 6.11. The molecule has 0 atom stereocenters. The molecule has 0 spiro atoms. The van der Waals surface area contributed by atoms with E-state index in [2.05, 4.69) is 52.6 Å². The SMILES string of the molecule is Cc1cccc(Nc2ncnc(NC34CC5CC(CC(C5)C3)C4)c2N)c1C. The Bertz CT molecular complexity index is 840. The Morgan fingerprint density at radius 3 is 2.26 bits per heavy atom. The smallest absolute Gasteiger partial charge is 0.159 e. The Hall–Kier alpha value is -2.30. The van der Waals surface area contributed by atoms with Gasteiger partial charge in [0.25, 0.3) is 0 Å². The fourth-order valence-electron chi connectivity index (χ4n) is 6.12. The molecule has 4 saturated carbocycles. The average molecular weight is 364 g/mol. The molecule has 2 aromatic rings. The number of benzene rings is 1. The first-order chi connectivity index (χ1) is 13.0. The van der Waals surface area contributed by atoms with Gasteiger partial charge in [-0.25, -0.2) is 9.97 Å². The summed E-state index contributed by atoms with van der Waals surface area (Å²) in [5.41, 5.74) is 10.8. The molecule has 6 rings (SSSR count). The van der Waals surface area contributed by atoms with E-state index in [1.807, 2.05) is 0 Å². The van der Waals surface area contributed by atoms with Gasteiger partial charge in [0, 0.05) is 11.2 Å². The number of nitrogens with one attached hydrogen (secondary N) is 2. The third-order valence-electron chi connectivity index (χ3n) is 7.16. The van der Waals surface area contributed by atoms with Crippen molar-refractivity contribution in [3.8, 4) is 0 Å². The van der Waals surface area contributed by atoms with Gasteiger partial charge >= 0.3 is 0 Å². The number of hydrogen-bond acceptors (Lipinski definition) is 5. The lowest BCUT2D eigenvalue weighted by Crippen LogP contribution is -2.55. The lowest BCUT2D eigenvalue weighted by atomic mass is 9.53. The maximum atomic E-state index is 6.50. The molecule has 1 heterocycles. The number of nitrogens with zero attached hydrogens (tertiary/aromatic N) is 2. The van der Waals surface area contributed by atoms with Crippen molar-refractivity contribution >= 4 is 23.0 Å². The molecule has 5 heteroatoms. The van der Waals surface area contributed by atoms with Gasteiger partial charge in [0.05, 0.1) is 0 Å². The van der Waals surface area contributed by atoms with Gasteiger partial charge in [-0.3, -0.25) is 0 Å². The van der Waals surface area contributed by atoms with Gasteiger partial charge in [0.15, 0.2) is 11.6 Å². The average Bonchev–Trinajstić information content (AvgIpc) is 2.61. The predicted octanol–water partition coefficient (Wildman–Crippen LogP) is 4.80. The topological polar surface area (TPSA) is 75.9 Å². The molecule has 142 valence electrons. The summed E-state index contributed by atoms with van der Waals surface area (Å²) in [6, 6.07) is 6.23. The Morgan fingerprint density at radius 2 is 1.59 bits per heavy atom. The van der Waals surface area contributed by atoms with Gasteiger partial charge < -0.3 is 16.4 Å². The van der Waals surface area contributed by atoms with E-state index in [1.54, 1.807) is 6.33 Å². The zero-order chi connectivity index (χ0) is 18.6. The second-order valence-electron chi connectivity index (χ2n) is 9.18. The van der Waals surface area contributed by atoms with Crippen LogP contribution in [-0.2, 0) is 0 Å². The molecule has 1 aromatic carbocycles. The van der Waals surface area contributed by atoms with Crippen molar-refractivity contribution in [3.63, 3.8) is 0 Å². The first-order valence-electron chi connectivity index (χ1n) is 10.2. The summed E-state index contributed by atoms with van der Waals surface area (Å²) in [6.07, 6.45) is 9.71. The lowest BCUT2D eigenvalue weighted by Gasteiger charge is -2.57. The quantitative estimate of drug-likeness (QED) is 0.727. The Morgan fingerprint density at radius 1 is 0.963 bits per heavy atom. The van der Waals surface area contributed by atoms with Crippen molar-refractivity contribution in [2.75, 3.05) is 16.4 Å². The molecule has 27 heavy (non-hydrogen) atoms. The van der Waals surface area contributed by atoms with Crippen LogP contribution in [0.5, 0.6) is 0 Å². The van der Waals surface area contributed by atoms with Crippen LogP contribution < -0.4 is 16.4 Å². The molecule has 0 saturated heterocycles. The highest BCUT2D eigenvalue weighted by atomic mass is 15.1. The molecular formula is C22H29N5. The van der Waals surface area contributed by atoms with E-state index in [0.717, 1.165) is 29.3 Å². The Balaban J connectivity index is 1.41. The number of rotatable bonds is 4. The molecule has 4 fully saturated rings. The van der Waals surface area contributed by atoms with Gasteiger partial charge in [0.2, 0.25) is 0 Å². The highest BCUT2D eigenvalue weighted by Crippen LogP contribution is 2.56. The molecule has 4 aliphatic carbocycles. The predicted molar refractivity (Wildman–Crippen MR) is 110 cm³/mol. The van der Waals surface area contributed by atoms with Crippen LogP contribution in [0, 0.1) is 31.6 Å². The Labute approximate surface area is 161 Å². The van der Waals surface area contributed by atoms with Crippen LogP contribution in [0.25, 0.3) is 0 Å². The molecular weight excluding hydrogens is 334 g/mol. The van der Waals surface area contributed by atoms with Crippen molar-refractivity contribution in [1.29, 1.82) is 0 Å². The van der Waals surface area contributed by atoms with Crippen molar-refractivity contribution in [3.05, 3.63) is 35.7 Å². The normalized spacial score (nSPS) is 31.1. The van der Waals surface area contributed by atoms with Crippen LogP contribution >= 0.6 is 0 Å². The van der Waals surface area contributed by atoms with Gasteiger partial charge in [-0.2, -0.15) is 0 Å². The number of hydrogen-bond donors (Lipinski definition) is 3. The number of anilines is 4. The first-order valence-corrected chi connectivity index (χ1v) is 10.2. The molecule has 5 nitrogen and oxygen atoms in total. The van der Waals surface area contributed by atoms with Crippen LogP contribution in [0.2, 0.25) is 0 Å². The zero-order valence-electron chi connectivity index (χ0n) is 16.3. The van der Waals surface area contributed by atoms with Crippen molar-refractivity contribution < 1.29 is 0 Å². The molecule has 0 aliphatic heterocycles. The molecule has 4 N–H and O–H groups in total. The largest absolute Gasteiger partial charge is 0.393 e. The van der Waals surface area contributed by atoms with E-state index in [1.165, 1.54) is 49.7 Å². The fraction of sp³-hybridized carbons (Fsp3) is 0.545. The summed E-state index contributed by atoms with van der Waals surface area (Å²) in [5.74, 6) is 4.14. The van der Waals surface area contributed by atoms with Crippen molar-refractivity contribution in [1.82, 2.24) is 9.97 Å². The summed E-state index contributed by atoms with van der Waals surface area (Å²) in [7, 11) is 0. The van der Waals surface area contributed by atoms with Crippen LogP contribution in [0.1, 0.15) is 49.7 Å². The summed E-state index contributed by atoms with van der Waals surface area (Å²) >= 11 is 0. The molecule has 0 unspecified atom stereocenters. The standard InChI is InChI=1S/C22H29N5/c1-13-4-3-5-18(14(13)2)26-20-19(23)21(25-12-24-20)27-22-9-15-6-16(10-22)8-17(7-15)11-22/h3-5,12,15-17H,6-11,23H2,1-2H3,(H2,24,25,26,27). The highest BCUT2D eigenvalue weighted by Gasteiger charge is 2.51. The second-order valence-corrected chi connectivity index (χ2v) is 9.18. The summed E-state index contributed by atoms with van der Waals surface area (Å²) in [6.45, 7) is 4.23. The molecule has 4 bridgehead atoms. The summed E-state index contributed by atoms with van der Waals surface area (Å²) in [4.78, 5) is 8.92. The van der Waals surface area contributed by atoms with Crippen LogP contribution in [0.15, 0.2) is 24.5 Å². The molecule has 0 amide bonds. The molecule has 4 aliphatic rings.